The summed E-state index contributed by atoms with van der Waals surface area (Å²) >= 11 is 0. The van der Waals surface area contributed by atoms with Gasteiger partial charge in [0.25, 0.3) is 5.69 Å². The van der Waals surface area contributed by atoms with Crippen molar-refractivity contribution in [3.05, 3.63) is 28.3 Å². The monoisotopic (exact) mass is 327 g/mol. The Hall–Kier alpha value is -1.67. The van der Waals surface area contributed by atoms with Crippen molar-refractivity contribution in [1.29, 1.82) is 0 Å². The second-order valence-corrected chi connectivity index (χ2v) is 7.90. The third-order valence-corrected chi connectivity index (χ3v) is 5.67. The number of benzene rings is 1. The molecule has 2 rings (SSSR count). The fourth-order valence-electron chi connectivity index (χ4n) is 2.81. The van der Waals surface area contributed by atoms with E-state index < -0.39 is 14.9 Å². The first-order valence-electron chi connectivity index (χ1n) is 7.23. The lowest BCUT2D eigenvalue weighted by atomic mass is 9.89. The molecule has 0 amide bonds. The van der Waals surface area contributed by atoms with Crippen LogP contribution in [0.25, 0.3) is 0 Å². The highest BCUT2D eigenvalue weighted by Crippen LogP contribution is 2.38. The fraction of sp³-hybridized carbons (Fsp3) is 0.571. The van der Waals surface area contributed by atoms with Gasteiger partial charge in [-0.3, -0.25) is 10.1 Å². The molecule has 8 heteroatoms. The van der Waals surface area contributed by atoms with Crippen LogP contribution in [0.2, 0.25) is 0 Å². The fourth-order valence-corrected chi connectivity index (χ4v) is 3.56. The smallest absolute Gasteiger partial charge is 0.293 e. The Labute approximate surface area is 130 Å². The van der Waals surface area contributed by atoms with Crippen molar-refractivity contribution in [1.82, 2.24) is 4.72 Å². The van der Waals surface area contributed by atoms with Crippen LogP contribution in [0.5, 0.6) is 0 Å². The number of nitro groups is 1. The molecule has 0 unspecified atom stereocenters. The van der Waals surface area contributed by atoms with E-state index in [9.17, 15) is 18.5 Å². The maximum absolute atomic E-state index is 11.8. The molecule has 1 fully saturated rings. The van der Waals surface area contributed by atoms with Gasteiger partial charge >= 0.3 is 0 Å². The van der Waals surface area contributed by atoms with Gasteiger partial charge in [-0.2, -0.15) is 0 Å². The van der Waals surface area contributed by atoms with Crippen LogP contribution in [0.3, 0.4) is 0 Å². The van der Waals surface area contributed by atoms with Gasteiger partial charge in [0, 0.05) is 12.6 Å². The minimum absolute atomic E-state index is 0.112. The SMILES string of the molecule is CNS(=O)(=O)c1ccc(NCC2(C)CCCC2)c([N+](=O)[O-])c1. The van der Waals surface area contributed by atoms with E-state index in [2.05, 4.69) is 17.0 Å². The second-order valence-electron chi connectivity index (χ2n) is 6.01. The molecular weight excluding hydrogens is 306 g/mol. The summed E-state index contributed by atoms with van der Waals surface area (Å²) in [7, 11) is -2.42. The Morgan fingerprint density at radius 1 is 1.32 bits per heavy atom. The number of hydrogen-bond acceptors (Lipinski definition) is 5. The Balaban J connectivity index is 2.26. The van der Waals surface area contributed by atoms with Gasteiger partial charge in [-0.05, 0) is 37.4 Å². The molecule has 22 heavy (non-hydrogen) atoms. The summed E-state index contributed by atoms with van der Waals surface area (Å²) < 4.78 is 25.7. The van der Waals surface area contributed by atoms with Crippen molar-refractivity contribution in [3.63, 3.8) is 0 Å². The van der Waals surface area contributed by atoms with Crippen LogP contribution in [0.15, 0.2) is 23.1 Å². The van der Waals surface area contributed by atoms with E-state index >= 15 is 0 Å². The molecule has 2 N–H and O–H groups in total. The van der Waals surface area contributed by atoms with Crippen molar-refractivity contribution in [2.75, 3.05) is 18.9 Å². The first-order chi connectivity index (χ1) is 10.3. The second kappa shape index (κ2) is 6.21. The quantitative estimate of drug-likeness (QED) is 0.617. The Morgan fingerprint density at radius 3 is 2.50 bits per heavy atom. The van der Waals surface area contributed by atoms with Crippen molar-refractivity contribution in [2.24, 2.45) is 5.41 Å². The molecule has 1 aliphatic carbocycles. The van der Waals surface area contributed by atoms with Crippen LogP contribution in [0.4, 0.5) is 11.4 Å². The van der Waals surface area contributed by atoms with Gasteiger partial charge in [-0.1, -0.05) is 19.8 Å². The average Bonchev–Trinajstić information content (AvgIpc) is 2.92. The molecule has 0 bridgehead atoms. The molecule has 0 atom stereocenters. The minimum atomic E-state index is -3.70. The van der Waals surface area contributed by atoms with Gasteiger partial charge in [-0.25, -0.2) is 13.1 Å². The van der Waals surface area contributed by atoms with Crippen LogP contribution in [-0.2, 0) is 10.0 Å². The molecule has 0 aromatic heterocycles. The molecule has 0 saturated heterocycles. The number of nitrogens with zero attached hydrogens (tertiary/aromatic N) is 1. The van der Waals surface area contributed by atoms with E-state index in [0.29, 0.717) is 12.2 Å². The average molecular weight is 327 g/mol. The van der Waals surface area contributed by atoms with Crippen LogP contribution >= 0.6 is 0 Å². The predicted molar refractivity (Wildman–Crippen MR) is 84.4 cm³/mol. The van der Waals surface area contributed by atoms with Crippen LogP contribution in [0.1, 0.15) is 32.6 Å². The van der Waals surface area contributed by atoms with Gasteiger partial charge in [0.05, 0.1) is 9.82 Å². The van der Waals surface area contributed by atoms with Crippen molar-refractivity contribution in [2.45, 2.75) is 37.5 Å². The first kappa shape index (κ1) is 16.7. The van der Waals surface area contributed by atoms with E-state index in [0.717, 1.165) is 18.9 Å². The Kier molecular flexibility index (Phi) is 4.72. The third-order valence-electron chi connectivity index (χ3n) is 4.26. The lowest BCUT2D eigenvalue weighted by Crippen LogP contribution is -2.23. The standard InChI is InChI=1S/C14H21N3O4S/c1-14(7-3-4-8-14)10-16-12-6-5-11(22(20,21)15-2)9-13(12)17(18)19/h5-6,9,15-16H,3-4,7-8,10H2,1-2H3. The molecule has 0 spiro atoms. The largest absolute Gasteiger partial charge is 0.379 e. The molecule has 1 aromatic rings. The number of nitro benzene ring substituents is 1. The minimum Gasteiger partial charge on any atom is -0.379 e. The molecule has 122 valence electrons. The highest BCUT2D eigenvalue weighted by atomic mass is 32.2. The van der Waals surface area contributed by atoms with E-state index in [-0.39, 0.29) is 16.0 Å². The Bertz CT molecular complexity index is 667. The van der Waals surface area contributed by atoms with Crippen LogP contribution in [-0.4, -0.2) is 26.9 Å². The van der Waals surface area contributed by atoms with E-state index in [4.69, 9.17) is 0 Å². The molecular formula is C14H21N3O4S. The van der Waals surface area contributed by atoms with E-state index in [1.54, 1.807) is 0 Å². The zero-order valence-corrected chi connectivity index (χ0v) is 13.6. The molecule has 1 aromatic carbocycles. The normalized spacial score (nSPS) is 17.4. The van der Waals surface area contributed by atoms with Crippen molar-refractivity contribution in [3.8, 4) is 0 Å². The zero-order valence-electron chi connectivity index (χ0n) is 12.8. The van der Waals surface area contributed by atoms with Gasteiger partial charge in [0.1, 0.15) is 5.69 Å². The summed E-state index contributed by atoms with van der Waals surface area (Å²) in [5.41, 5.74) is 0.273. The van der Waals surface area contributed by atoms with Gasteiger partial charge < -0.3 is 5.32 Å². The summed E-state index contributed by atoms with van der Waals surface area (Å²) in [6, 6.07) is 3.92. The molecule has 7 nitrogen and oxygen atoms in total. The summed E-state index contributed by atoms with van der Waals surface area (Å²) in [4.78, 5) is 10.5. The molecule has 1 saturated carbocycles. The van der Waals surface area contributed by atoms with Crippen LogP contribution in [0, 0.1) is 15.5 Å². The molecule has 0 heterocycles. The molecule has 1 aliphatic rings. The molecule has 0 aliphatic heterocycles. The maximum Gasteiger partial charge on any atom is 0.293 e. The van der Waals surface area contributed by atoms with E-state index in [1.807, 2.05) is 0 Å². The maximum atomic E-state index is 11.8. The van der Waals surface area contributed by atoms with Gasteiger partial charge in [0.15, 0.2) is 0 Å². The van der Waals surface area contributed by atoms with Crippen molar-refractivity contribution < 1.29 is 13.3 Å². The number of hydrogen-bond donors (Lipinski definition) is 2. The summed E-state index contributed by atoms with van der Waals surface area (Å²) in [6.07, 6.45) is 4.55. The molecule has 0 radical (unpaired) electrons. The Morgan fingerprint density at radius 2 is 1.95 bits per heavy atom. The number of nitrogens with one attached hydrogen (secondary N) is 2. The lowest BCUT2D eigenvalue weighted by molar-refractivity contribution is -0.384. The lowest BCUT2D eigenvalue weighted by Gasteiger charge is -2.24. The number of rotatable bonds is 6. The highest BCUT2D eigenvalue weighted by Gasteiger charge is 2.29. The first-order valence-corrected chi connectivity index (χ1v) is 8.72. The summed E-state index contributed by atoms with van der Waals surface area (Å²) in [6.45, 7) is 2.81. The summed E-state index contributed by atoms with van der Waals surface area (Å²) in [5, 5.41) is 14.3. The van der Waals surface area contributed by atoms with Gasteiger partial charge in [0.2, 0.25) is 10.0 Å². The summed E-state index contributed by atoms with van der Waals surface area (Å²) in [5.74, 6) is 0. The predicted octanol–water partition coefficient (Wildman–Crippen LogP) is 2.50. The van der Waals surface area contributed by atoms with Gasteiger partial charge in [-0.15, -0.1) is 0 Å². The van der Waals surface area contributed by atoms with E-state index in [1.165, 1.54) is 32.0 Å². The van der Waals surface area contributed by atoms with Crippen molar-refractivity contribution >= 4 is 21.4 Å². The topological polar surface area (TPSA) is 101 Å². The zero-order chi connectivity index (χ0) is 16.4. The van der Waals surface area contributed by atoms with Crippen LogP contribution < -0.4 is 10.0 Å². The highest BCUT2D eigenvalue weighted by molar-refractivity contribution is 7.89. The number of anilines is 1. The number of sulfonamides is 1. The third kappa shape index (κ3) is 3.56.